The van der Waals surface area contributed by atoms with Gasteiger partial charge >= 0.3 is 5.97 Å². The summed E-state index contributed by atoms with van der Waals surface area (Å²) in [5.74, 6) is -0.403. The highest BCUT2D eigenvalue weighted by Crippen LogP contribution is 2.27. The van der Waals surface area contributed by atoms with E-state index in [0.29, 0.717) is 24.2 Å². The summed E-state index contributed by atoms with van der Waals surface area (Å²) in [5, 5.41) is 2.05. The Labute approximate surface area is 181 Å². The SMILES string of the molecule is CC(=O)c1cccc(S(=O)(=O)N2CCC(C(=O)Oc3ccc4ccccc4c3)CC2)c1. The molecule has 0 N–H and O–H groups in total. The average molecular weight is 438 g/mol. The second-order valence-electron chi connectivity index (χ2n) is 7.69. The summed E-state index contributed by atoms with van der Waals surface area (Å²) in [7, 11) is -3.72. The number of hydrogen-bond acceptors (Lipinski definition) is 5. The largest absolute Gasteiger partial charge is 0.426 e. The molecule has 0 amide bonds. The number of Topliss-reactive ketones (excluding diaryl/α,β-unsaturated/α-hetero) is 1. The van der Waals surface area contributed by atoms with Crippen LogP contribution in [0.1, 0.15) is 30.1 Å². The third-order valence-electron chi connectivity index (χ3n) is 5.60. The van der Waals surface area contributed by atoms with E-state index in [0.717, 1.165) is 10.8 Å². The van der Waals surface area contributed by atoms with Gasteiger partial charge < -0.3 is 4.74 Å². The van der Waals surface area contributed by atoms with Crippen LogP contribution in [0.5, 0.6) is 5.75 Å². The fourth-order valence-electron chi connectivity index (χ4n) is 3.79. The Balaban J connectivity index is 1.41. The molecule has 3 aromatic rings. The lowest BCUT2D eigenvalue weighted by atomic mass is 9.98. The van der Waals surface area contributed by atoms with Gasteiger partial charge in [0.05, 0.1) is 10.8 Å². The quantitative estimate of drug-likeness (QED) is 0.342. The third-order valence-corrected chi connectivity index (χ3v) is 7.50. The zero-order valence-corrected chi connectivity index (χ0v) is 18.0. The Morgan fingerprint density at radius 3 is 2.32 bits per heavy atom. The molecule has 1 heterocycles. The van der Waals surface area contributed by atoms with Crippen molar-refractivity contribution in [2.75, 3.05) is 13.1 Å². The van der Waals surface area contributed by atoms with Gasteiger partial charge in [-0.25, -0.2) is 8.42 Å². The highest BCUT2D eigenvalue weighted by molar-refractivity contribution is 7.89. The van der Waals surface area contributed by atoms with E-state index in [1.165, 1.54) is 23.4 Å². The van der Waals surface area contributed by atoms with Crippen molar-refractivity contribution in [2.24, 2.45) is 5.92 Å². The molecule has 4 rings (SSSR count). The number of ether oxygens (including phenoxy) is 1. The second-order valence-corrected chi connectivity index (χ2v) is 9.63. The predicted octanol–water partition coefficient (Wildman–Crippen LogP) is 4.05. The molecule has 0 radical (unpaired) electrons. The standard InChI is InChI=1S/C24H23NO5S/c1-17(26)20-7-4-8-23(16-20)31(28,29)25-13-11-19(12-14-25)24(27)30-22-10-9-18-5-2-3-6-21(18)15-22/h2-10,15-16,19H,11-14H2,1H3. The van der Waals surface area contributed by atoms with Crippen LogP contribution < -0.4 is 4.74 Å². The van der Waals surface area contributed by atoms with Gasteiger partial charge in [0.15, 0.2) is 5.78 Å². The number of rotatable bonds is 5. The molecular weight excluding hydrogens is 414 g/mol. The maximum absolute atomic E-state index is 13.0. The summed E-state index contributed by atoms with van der Waals surface area (Å²) in [6, 6.07) is 19.4. The van der Waals surface area contributed by atoms with E-state index in [4.69, 9.17) is 4.74 Å². The van der Waals surface area contributed by atoms with Crippen molar-refractivity contribution in [3.63, 3.8) is 0 Å². The van der Waals surface area contributed by atoms with E-state index >= 15 is 0 Å². The molecule has 0 saturated carbocycles. The number of esters is 1. The topological polar surface area (TPSA) is 80.8 Å². The van der Waals surface area contributed by atoms with E-state index in [1.807, 2.05) is 36.4 Å². The zero-order valence-electron chi connectivity index (χ0n) is 17.2. The number of nitrogens with zero attached hydrogens (tertiary/aromatic N) is 1. The first-order chi connectivity index (χ1) is 14.8. The highest BCUT2D eigenvalue weighted by Gasteiger charge is 2.33. The summed E-state index contributed by atoms with van der Waals surface area (Å²) >= 11 is 0. The van der Waals surface area contributed by atoms with Gasteiger partial charge in [-0.2, -0.15) is 4.31 Å². The highest BCUT2D eigenvalue weighted by atomic mass is 32.2. The van der Waals surface area contributed by atoms with E-state index in [9.17, 15) is 18.0 Å². The van der Waals surface area contributed by atoms with Gasteiger partial charge in [-0.3, -0.25) is 9.59 Å². The van der Waals surface area contributed by atoms with E-state index < -0.39 is 10.0 Å². The minimum atomic E-state index is -3.72. The molecule has 0 bridgehead atoms. The number of carbonyl (C=O) groups excluding carboxylic acids is 2. The first-order valence-corrected chi connectivity index (χ1v) is 11.6. The van der Waals surface area contributed by atoms with Crippen LogP contribution in [0, 0.1) is 5.92 Å². The fourth-order valence-corrected chi connectivity index (χ4v) is 5.30. The monoisotopic (exact) mass is 437 g/mol. The minimum absolute atomic E-state index is 0.0948. The van der Waals surface area contributed by atoms with Gasteiger partial charge in [-0.15, -0.1) is 0 Å². The van der Waals surface area contributed by atoms with Gasteiger partial charge in [-0.1, -0.05) is 42.5 Å². The Morgan fingerprint density at radius 1 is 0.903 bits per heavy atom. The molecule has 31 heavy (non-hydrogen) atoms. The molecule has 7 heteroatoms. The summed E-state index contributed by atoms with van der Waals surface area (Å²) in [5.41, 5.74) is 0.356. The maximum atomic E-state index is 13.0. The van der Waals surface area contributed by atoms with Crippen molar-refractivity contribution in [3.05, 3.63) is 72.3 Å². The summed E-state index contributed by atoms with van der Waals surface area (Å²) in [4.78, 5) is 24.3. The Hall–Kier alpha value is -3.03. The van der Waals surface area contributed by atoms with Crippen LogP contribution in [-0.2, 0) is 14.8 Å². The smallest absolute Gasteiger partial charge is 0.314 e. The van der Waals surface area contributed by atoms with Gasteiger partial charge in [0, 0.05) is 18.7 Å². The molecule has 1 fully saturated rings. The first kappa shape index (κ1) is 21.2. The number of hydrogen-bond donors (Lipinski definition) is 0. The van der Waals surface area contributed by atoms with Crippen molar-refractivity contribution < 1.29 is 22.7 Å². The Kier molecular flexibility index (Phi) is 5.89. The normalized spacial score (nSPS) is 15.6. The molecule has 0 unspecified atom stereocenters. The number of carbonyl (C=O) groups is 2. The second kappa shape index (κ2) is 8.61. The lowest BCUT2D eigenvalue weighted by Gasteiger charge is -2.30. The number of piperidine rings is 1. The summed E-state index contributed by atoms with van der Waals surface area (Å²) in [6.07, 6.45) is 0.774. The third kappa shape index (κ3) is 4.52. The van der Waals surface area contributed by atoms with Crippen LogP contribution in [0.4, 0.5) is 0 Å². The van der Waals surface area contributed by atoms with Gasteiger partial charge in [-0.05, 0) is 54.8 Å². The lowest BCUT2D eigenvalue weighted by molar-refractivity contribution is -0.140. The molecule has 6 nitrogen and oxygen atoms in total. The molecule has 0 atom stereocenters. The average Bonchev–Trinajstić information content (AvgIpc) is 2.79. The number of ketones is 1. The molecule has 0 aliphatic carbocycles. The number of benzene rings is 3. The van der Waals surface area contributed by atoms with Crippen LogP contribution in [0.15, 0.2) is 71.6 Å². The summed E-state index contributed by atoms with van der Waals surface area (Å²) < 4.78 is 32.8. The Bertz CT molecular complexity index is 1240. The lowest BCUT2D eigenvalue weighted by Crippen LogP contribution is -2.41. The van der Waals surface area contributed by atoms with Crippen molar-refractivity contribution in [3.8, 4) is 5.75 Å². The fraction of sp³-hybridized carbons (Fsp3) is 0.250. The van der Waals surface area contributed by atoms with Crippen molar-refractivity contribution in [1.29, 1.82) is 0 Å². The van der Waals surface area contributed by atoms with Crippen molar-refractivity contribution in [1.82, 2.24) is 4.31 Å². The molecule has 160 valence electrons. The molecule has 1 saturated heterocycles. The molecule has 3 aromatic carbocycles. The predicted molar refractivity (Wildman–Crippen MR) is 118 cm³/mol. The maximum Gasteiger partial charge on any atom is 0.314 e. The molecule has 1 aliphatic heterocycles. The number of sulfonamides is 1. The Morgan fingerprint density at radius 2 is 1.61 bits per heavy atom. The van der Waals surface area contributed by atoms with Gasteiger partial charge in [0.25, 0.3) is 0 Å². The van der Waals surface area contributed by atoms with Crippen LogP contribution in [-0.4, -0.2) is 37.6 Å². The van der Waals surface area contributed by atoms with E-state index in [1.54, 1.807) is 18.2 Å². The molecule has 0 aromatic heterocycles. The number of fused-ring (bicyclic) bond motifs is 1. The molecular formula is C24H23NO5S. The van der Waals surface area contributed by atoms with E-state index in [2.05, 4.69) is 0 Å². The minimum Gasteiger partial charge on any atom is -0.426 e. The molecule has 0 spiro atoms. The van der Waals surface area contributed by atoms with Crippen LogP contribution in [0.3, 0.4) is 0 Å². The molecule has 1 aliphatic rings. The van der Waals surface area contributed by atoms with E-state index in [-0.39, 0.29) is 35.7 Å². The summed E-state index contributed by atoms with van der Waals surface area (Å²) in [6.45, 7) is 1.85. The first-order valence-electron chi connectivity index (χ1n) is 10.2. The van der Waals surface area contributed by atoms with Gasteiger partial charge in [0.1, 0.15) is 5.75 Å². The van der Waals surface area contributed by atoms with Crippen LogP contribution >= 0.6 is 0 Å². The van der Waals surface area contributed by atoms with Crippen LogP contribution in [0.2, 0.25) is 0 Å². The van der Waals surface area contributed by atoms with Crippen molar-refractivity contribution >= 4 is 32.5 Å². The van der Waals surface area contributed by atoms with Crippen LogP contribution in [0.25, 0.3) is 10.8 Å². The zero-order chi connectivity index (χ0) is 22.0. The van der Waals surface area contributed by atoms with Crippen molar-refractivity contribution in [2.45, 2.75) is 24.7 Å². The van der Waals surface area contributed by atoms with Gasteiger partial charge in [0.2, 0.25) is 10.0 Å².